The lowest BCUT2D eigenvalue weighted by Gasteiger charge is -2.19. The summed E-state index contributed by atoms with van der Waals surface area (Å²) in [5.74, 6) is 0.495. The van der Waals surface area contributed by atoms with Gasteiger partial charge in [0.2, 0.25) is 11.8 Å². The van der Waals surface area contributed by atoms with E-state index in [0.29, 0.717) is 34.7 Å². The number of nitrogens with one attached hydrogen (secondary N) is 2. The molecule has 2 aromatic rings. The zero-order valence-electron chi connectivity index (χ0n) is 20.4. The molecule has 0 saturated carbocycles. The summed E-state index contributed by atoms with van der Waals surface area (Å²) in [6.07, 6.45) is 10.5. The number of ether oxygens (including phenoxy) is 2. The largest absolute Gasteiger partial charge is 0.466 e. The maximum absolute atomic E-state index is 11.8. The van der Waals surface area contributed by atoms with Gasteiger partial charge in [-0.1, -0.05) is 24.8 Å². The molecule has 3 rings (SSSR count). The number of hydrogen-bond acceptors (Lipinski definition) is 9. The molecule has 36 heavy (non-hydrogen) atoms. The Kier molecular flexibility index (Phi) is 9.33. The van der Waals surface area contributed by atoms with Crippen molar-refractivity contribution in [3.05, 3.63) is 66.5 Å². The molecule has 188 valence electrons. The van der Waals surface area contributed by atoms with Crippen LogP contribution < -0.4 is 21.2 Å². The van der Waals surface area contributed by atoms with E-state index in [2.05, 4.69) is 32.4 Å². The molecule has 0 bridgehead atoms. The van der Waals surface area contributed by atoms with E-state index in [9.17, 15) is 9.59 Å². The number of nitrogen functional groups attached to an aromatic ring is 1. The van der Waals surface area contributed by atoms with Crippen molar-refractivity contribution in [3.8, 4) is 11.6 Å². The first-order valence-electron chi connectivity index (χ1n) is 11.5. The van der Waals surface area contributed by atoms with Crippen molar-refractivity contribution in [1.82, 2.24) is 15.4 Å². The first-order valence-corrected chi connectivity index (χ1v) is 11.5. The van der Waals surface area contributed by atoms with Crippen molar-refractivity contribution in [3.63, 3.8) is 0 Å². The maximum Gasteiger partial charge on any atom is 0.333 e. The number of anilines is 2. The average Bonchev–Trinajstić information content (AvgIpc) is 2.89. The minimum absolute atomic E-state index is 0.178. The standard InChI is InChI=1S/C26H30N6O4/c1-4-18(15-31-30-14-17-8-6-9-19(12-17)26(34)35-3)23-24(27)28-16-29-25(23)36-21-11-7-10-20(13-21)32-22(33)5-2/h4-5,7,10-13,15-17,30H,2,6,8-9,14H2,1,3H3,(H,32,33)(H2,27,28,29)/b18-4+,31-15-. The van der Waals surface area contributed by atoms with Gasteiger partial charge >= 0.3 is 5.97 Å². The Morgan fingerprint density at radius 3 is 2.92 bits per heavy atom. The molecule has 0 aliphatic heterocycles. The van der Waals surface area contributed by atoms with Gasteiger partial charge in [0.1, 0.15) is 17.9 Å². The molecule has 1 amide bonds. The second kappa shape index (κ2) is 12.8. The van der Waals surface area contributed by atoms with Crippen LogP contribution in [-0.2, 0) is 14.3 Å². The quantitative estimate of drug-likeness (QED) is 0.197. The lowest BCUT2D eigenvalue weighted by molar-refractivity contribution is -0.136. The van der Waals surface area contributed by atoms with E-state index in [-0.39, 0.29) is 29.5 Å². The van der Waals surface area contributed by atoms with Crippen molar-refractivity contribution in [2.75, 3.05) is 24.7 Å². The van der Waals surface area contributed by atoms with E-state index in [0.717, 1.165) is 19.3 Å². The minimum Gasteiger partial charge on any atom is -0.466 e. The van der Waals surface area contributed by atoms with Crippen molar-refractivity contribution < 1.29 is 19.1 Å². The van der Waals surface area contributed by atoms with Crippen LogP contribution in [0.3, 0.4) is 0 Å². The molecule has 0 saturated heterocycles. The van der Waals surface area contributed by atoms with E-state index < -0.39 is 0 Å². The lowest BCUT2D eigenvalue weighted by Crippen LogP contribution is -2.21. The van der Waals surface area contributed by atoms with Gasteiger partial charge in [-0.15, -0.1) is 0 Å². The van der Waals surface area contributed by atoms with Gasteiger partial charge in [-0.2, -0.15) is 5.10 Å². The number of hydrazone groups is 1. The van der Waals surface area contributed by atoms with Crippen LogP contribution >= 0.6 is 0 Å². The zero-order chi connectivity index (χ0) is 25.9. The highest BCUT2D eigenvalue weighted by atomic mass is 16.5. The second-order valence-corrected chi connectivity index (χ2v) is 7.96. The number of aromatic nitrogens is 2. The smallest absolute Gasteiger partial charge is 0.333 e. The Bertz CT molecular complexity index is 1200. The Morgan fingerprint density at radius 2 is 2.17 bits per heavy atom. The Morgan fingerprint density at radius 1 is 1.33 bits per heavy atom. The number of esters is 1. The van der Waals surface area contributed by atoms with E-state index in [4.69, 9.17) is 15.2 Å². The Labute approximate surface area is 210 Å². The van der Waals surface area contributed by atoms with Gasteiger partial charge in [0, 0.05) is 29.4 Å². The highest BCUT2D eigenvalue weighted by Gasteiger charge is 2.19. The number of carbonyl (C=O) groups is 2. The highest BCUT2D eigenvalue weighted by Crippen LogP contribution is 2.32. The fourth-order valence-corrected chi connectivity index (χ4v) is 3.71. The highest BCUT2D eigenvalue weighted by molar-refractivity contribution is 6.12. The topological polar surface area (TPSA) is 141 Å². The summed E-state index contributed by atoms with van der Waals surface area (Å²) in [5, 5.41) is 7.02. The number of allylic oxidation sites excluding steroid dienone is 2. The molecule has 4 N–H and O–H groups in total. The van der Waals surface area contributed by atoms with E-state index >= 15 is 0 Å². The molecular formula is C26H30N6O4. The zero-order valence-corrected chi connectivity index (χ0v) is 20.4. The number of methoxy groups -OCH3 is 1. The van der Waals surface area contributed by atoms with Crippen LogP contribution in [-0.4, -0.2) is 41.7 Å². The van der Waals surface area contributed by atoms with Crippen LogP contribution in [0.4, 0.5) is 11.5 Å². The summed E-state index contributed by atoms with van der Waals surface area (Å²) >= 11 is 0. The number of nitrogens with zero attached hydrogens (tertiary/aromatic N) is 3. The van der Waals surface area contributed by atoms with Crippen molar-refractivity contribution in [2.24, 2.45) is 11.0 Å². The van der Waals surface area contributed by atoms with Gasteiger partial charge in [0.05, 0.1) is 18.9 Å². The fraction of sp³-hybridized carbons (Fsp3) is 0.269. The molecule has 1 unspecified atom stereocenters. The Hall–Kier alpha value is -4.47. The number of rotatable bonds is 10. The molecule has 1 aromatic carbocycles. The minimum atomic E-state index is -0.329. The molecule has 0 radical (unpaired) electrons. The summed E-state index contributed by atoms with van der Waals surface area (Å²) in [6.45, 7) is 5.86. The van der Waals surface area contributed by atoms with Gasteiger partial charge in [-0.05, 0) is 50.3 Å². The predicted octanol–water partition coefficient (Wildman–Crippen LogP) is 3.85. The predicted molar refractivity (Wildman–Crippen MR) is 139 cm³/mol. The number of nitrogens with two attached hydrogens (primary N) is 1. The van der Waals surface area contributed by atoms with Crippen LogP contribution in [0.15, 0.2) is 66.1 Å². The van der Waals surface area contributed by atoms with Crippen LogP contribution in [0, 0.1) is 5.92 Å². The molecule has 1 heterocycles. The average molecular weight is 491 g/mol. The van der Waals surface area contributed by atoms with Crippen molar-refractivity contribution in [2.45, 2.75) is 26.2 Å². The molecule has 0 fully saturated rings. The molecule has 1 aromatic heterocycles. The van der Waals surface area contributed by atoms with E-state index in [1.165, 1.54) is 19.5 Å². The van der Waals surface area contributed by atoms with Gasteiger partial charge in [0.15, 0.2) is 0 Å². The van der Waals surface area contributed by atoms with E-state index in [1.807, 2.05) is 19.1 Å². The number of benzene rings is 1. The number of carbonyl (C=O) groups excluding carboxylic acids is 2. The first kappa shape index (κ1) is 26.1. The van der Waals surface area contributed by atoms with Crippen molar-refractivity contribution in [1.29, 1.82) is 0 Å². The summed E-state index contributed by atoms with van der Waals surface area (Å²) in [4.78, 5) is 31.8. The third-order valence-electron chi connectivity index (χ3n) is 5.50. The molecule has 10 nitrogen and oxygen atoms in total. The summed E-state index contributed by atoms with van der Waals surface area (Å²) < 4.78 is 10.8. The molecule has 10 heteroatoms. The van der Waals surface area contributed by atoms with Gasteiger partial charge in [-0.3, -0.25) is 4.79 Å². The van der Waals surface area contributed by atoms with Gasteiger partial charge in [0.25, 0.3) is 0 Å². The normalized spacial score (nSPS) is 15.7. The number of amides is 1. The van der Waals surface area contributed by atoms with Crippen LogP contribution in [0.2, 0.25) is 0 Å². The fourth-order valence-electron chi connectivity index (χ4n) is 3.71. The molecule has 1 aliphatic rings. The van der Waals surface area contributed by atoms with Crippen LogP contribution in [0.5, 0.6) is 11.6 Å². The van der Waals surface area contributed by atoms with Crippen molar-refractivity contribution >= 4 is 35.2 Å². The third-order valence-corrected chi connectivity index (χ3v) is 5.50. The lowest BCUT2D eigenvalue weighted by atomic mass is 9.90. The number of hydrogen-bond donors (Lipinski definition) is 3. The first-order chi connectivity index (χ1) is 17.4. The second-order valence-electron chi connectivity index (χ2n) is 7.96. The summed E-state index contributed by atoms with van der Waals surface area (Å²) in [5.41, 5.74) is 11.6. The maximum atomic E-state index is 11.8. The summed E-state index contributed by atoms with van der Waals surface area (Å²) in [7, 11) is 1.39. The van der Waals surface area contributed by atoms with Gasteiger partial charge in [-0.25, -0.2) is 14.8 Å². The molecule has 1 aliphatic carbocycles. The molecular weight excluding hydrogens is 460 g/mol. The van der Waals surface area contributed by atoms with Crippen LogP contribution in [0.1, 0.15) is 31.7 Å². The van der Waals surface area contributed by atoms with Crippen LogP contribution in [0.25, 0.3) is 5.57 Å². The third kappa shape index (κ3) is 7.02. The molecule has 0 spiro atoms. The Balaban J connectivity index is 1.72. The monoisotopic (exact) mass is 490 g/mol. The van der Waals surface area contributed by atoms with E-state index in [1.54, 1.807) is 30.5 Å². The van der Waals surface area contributed by atoms with Gasteiger partial charge < -0.3 is 25.9 Å². The molecule has 1 atom stereocenters. The summed E-state index contributed by atoms with van der Waals surface area (Å²) in [6, 6.07) is 6.87. The SMILES string of the molecule is C=CC(=O)Nc1cccc(Oc2ncnc(N)c2C(/C=N\NCC2C=C(C(=O)OC)CCC2)=C/C)c1.